The number of ketones is 1. The van der Waals surface area contributed by atoms with Gasteiger partial charge in [-0.2, -0.15) is 13.2 Å². The van der Waals surface area contributed by atoms with Gasteiger partial charge in [-0.25, -0.2) is 4.79 Å². The molecule has 0 amide bonds. The van der Waals surface area contributed by atoms with Crippen molar-refractivity contribution in [3.05, 3.63) is 52.9 Å². The van der Waals surface area contributed by atoms with E-state index in [0.717, 1.165) is 23.5 Å². The Balaban J connectivity index is 2.21. The van der Waals surface area contributed by atoms with Gasteiger partial charge in [-0.05, 0) is 29.3 Å². The average Bonchev–Trinajstić information content (AvgIpc) is 2.93. The zero-order valence-electron chi connectivity index (χ0n) is 10.9. The van der Waals surface area contributed by atoms with Crippen molar-refractivity contribution in [3.8, 4) is 10.4 Å². The summed E-state index contributed by atoms with van der Waals surface area (Å²) in [4.78, 5) is 21.7. The first-order valence-corrected chi connectivity index (χ1v) is 6.82. The molecule has 0 unspecified atom stereocenters. The van der Waals surface area contributed by atoms with E-state index >= 15 is 0 Å². The lowest BCUT2D eigenvalue weighted by Crippen LogP contribution is -2.21. The fourth-order valence-corrected chi connectivity index (χ4v) is 2.65. The summed E-state index contributed by atoms with van der Waals surface area (Å²) in [7, 11) is 0. The lowest BCUT2D eigenvalue weighted by molar-refractivity contribution is -0.131. The molecule has 1 heterocycles. The minimum Gasteiger partial charge on any atom is -0.478 e. The van der Waals surface area contributed by atoms with Crippen molar-refractivity contribution < 1.29 is 27.9 Å². The van der Waals surface area contributed by atoms with Gasteiger partial charge in [0.15, 0.2) is 0 Å². The number of alkyl halides is 3. The lowest BCUT2D eigenvalue weighted by Gasteiger charge is -2.01. The molecule has 0 spiro atoms. The van der Waals surface area contributed by atoms with Gasteiger partial charge in [-0.1, -0.05) is 24.3 Å². The molecule has 0 aliphatic carbocycles. The number of carbonyl (C=O) groups is 2. The van der Waals surface area contributed by atoms with Crippen LogP contribution in [0.1, 0.15) is 15.2 Å². The van der Waals surface area contributed by atoms with Gasteiger partial charge in [0.2, 0.25) is 0 Å². The summed E-state index contributed by atoms with van der Waals surface area (Å²) in [6.45, 7) is 0. The topological polar surface area (TPSA) is 54.4 Å². The molecule has 1 aromatic heterocycles. The fourth-order valence-electron chi connectivity index (χ4n) is 1.68. The van der Waals surface area contributed by atoms with Crippen molar-refractivity contribution in [1.82, 2.24) is 0 Å². The highest BCUT2D eigenvalue weighted by atomic mass is 32.1. The summed E-state index contributed by atoms with van der Waals surface area (Å²) in [5.74, 6) is -2.93. The monoisotopic (exact) mass is 326 g/mol. The Morgan fingerprint density at radius 2 is 1.68 bits per heavy atom. The van der Waals surface area contributed by atoms with Gasteiger partial charge in [0.05, 0.1) is 4.88 Å². The van der Waals surface area contributed by atoms with Crippen molar-refractivity contribution >= 4 is 29.2 Å². The second kappa shape index (κ2) is 6.15. The van der Waals surface area contributed by atoms with Crippen LogP contribution < -0.4 is 0 Å². The minimum absolute atomic E-state index is 0.364. The summed E-state index contributed by atoms with van der Waals surface area (Å²) >= 11 is 0.763. The number of carboxylic acids is 1. The number of benzene rings is 1. The molecule has 3 nitrogen and oxygen atoms in total. The molecule has 2 rings (SSSR count). The van der Waals surface area contributed by atoms with Gasteiger partial charge in [-0.15, -0.1) is 11.3 Å². The van der Waals surface area contributed by atoms with Crippen molar-refractivity contribution in [2.45, 2.75) is 6.18 Å². The van der Waals surface area contributed by atoms with Crippen LogP contribution in [0.3, 0.4) is 0 Å². The van der Waals surface area contributed by atoms with E-state index in [0.29, 0.717) is 16.0 Å². The van der Waals surface area contributed by atoms with E-state index in [4.69, 9.17) is 5.11 Å². The molecule has 0 saturated heterocycles. The van der Waals surface area contributed by atoms with E-state index in [1.54, 1.807) is 24.3 Å². The Morgan fingerprint density at radius 3 is 2.23 bits per heavy atom. The third-order valence-electron chi connectivity index (χ3n) is 2.70. The molecule has 0 aliphatic rings. The largest absolute Gasteiger partial charge is 0.478 e. The fraction of sp³-hybridized carbons (Fsp3) is 0.0667. The number of hydrogen-bond donors (Lipinski definition) is 1. The summed E-state index contributed by atoms with van der Waals surface area (Å²) in [5, 5.41) is 8.52. The van der Waals surface area contributed by atoms with Crippen molar-refractivity contribution in [1.29, 1.82) is 0 Å². The first-order valence-electron chi connectivity index (χ1n) is 6.00. The first kappa shape index (κ1) is 16.0. The normalized spacial score (nSPS) is 11.8. The molecular formula is C15H9F3O3S. The molecule has 1 N–H and O–H groups in total. The number of Topliss-reactive ketones (excluding diaryl/α,β-unsaturated/α-hetero) is 1. The van der Waals surface area contributed by atoms with Gasteiger partial charge >= 0.3 is 12.1 Å². The summed E-state index contributed by atoms with van der Waals surface area (Å²) < 4.78 is 37.1. The first-order chi connectivity index (χ1) is 10.3. The summed E-state index contributed by atoms with van der Waals surface area (Å²) in [6, 6.07) is 9.17. The highest BCUT2D eigenvalue weighted by molar-refractivity contribution is 7.17. The lowest BCUT2D eigenvalue weighted by atomic mass is 10.1. The smallest absolute Gasteiger partial charge is 0.455 e. The van der Waals surface area contributed by atoms with Crippen molar-refractivity contribution in [2.24, 2.45) is 0 Å². The molecule has 0 atom stereocenters. The van der Waals surface area contributed by atoms with Gasteiger partial charge < -0.3 is 5.11 Å². The van der Waals surface area contributed by atoms with Crippen LogP contribution >= 0.6 is 11.3 Å². The predicted molar refractivity (Wildman–Crippen MR) is 76.8 cm³/mol. The minimum atomic E-state index is -4.88. The molecule has 7 heteroatoms. The predicted octanol–water partition coefficient (Wildman–Crippen LogP) is 4.26. The molecule has 1 aromatic carbocycles. The average molecular weight is 326 g/mol. The Labute approximate surface area is 127 Å². The van der Waals surface area contributed by atoms with Crippen LogP contribution in [0.4, 0.5) is 13.2 Å². The van der Waals surface area contributed by atoms with Crippen molar-refractivity contribution in [3.63, 3.8) is 0 Å². The number of carboxylic acid groups (broad SMARTS) is 1. The number of hydrogen-bond acceptors (Lipinski definition) is 3. The van der Waals surface area contributed by atoms with Gasteiger partial charge in [0.25, 0.3) is 5.78 Å². The van der Waals surface area contributed by atoms with E-state index in [1.165, 1.54) is 12.1 Å². The van der Waals surface area contributed by atoms with Crippen LogP contribution in [0.2, 0.25) is 0 Å². The Kier molecular flexibility index (Phi) is 4.46. The number of carbonyl (C=O) groups excluding carboxylic acids is 1. The highest BCUT2D eigenvalue weighted by Gasteiger charge is 2.40. The molecular weight excluding hydrogens is 317 g/mol. The Hall–Kier alpha value is -2.41. The van der Waals surface area contributed by atoms with Gasteiger partial charge in [0.1, 0.15) is 0 Å². The standard InChI is InChI=1S/C15H9F3O3S/c16-15(17,18)14(21)12-7-6-11(22-12)10-4-1-9(2-5-10)3-8-13(19)20/h1-8H,(H,19,20)/b8-3+. The number of halogens is 3. The quantitative estimate of drug-likeness (QED) is 0.675. The molecule has 114 valence electrons. The zero-order valence-corrected chi connectivity index (χ0v) is 11.7. The number of rotatable bonds is 4. The summed E-state index contributed by atoms with van der Waals surface area (Å²) in [5.41, 5.74) is 1.30. The van der Waals surface area contributed by atoms with Crippen LogP contribution in [0.25, 0.3) is 16.5 Å². The Morgan fingerprint density at radius 1 is 1.05 bits per heavy atom. The van der Waals surface area contributed by atoms with E-state index in [9.17, 15) is 22.8 Å². The maximum atomic E-state index is 12.4. The van der Waals surface area contributed by atoms with E-state index < -0.39 is 17.9 Å². The van der Waals surface area contributed by atoms with Crippen molar-refractivity contribution in [2.75, 3.05) is 0 Å². The Bertz CT molecular complexity index is 727. The third-order valence-corrected chi connectivity index (χ3v) is 3.83. The molecule has 22 heavy (non-hydrogen) atoms. The van der Waals surface area contributed by atoms with E-state index in [2.05, 4.69) is 0 Å². The SMILES string of the molecule is O=C(O)/C=C/c1ccc(-c2ccc(C(=O)C(F)(F)F)s2)cc1. The second-order valence-corrected chi connectivity index (χ2v) is 5.37. The summed E-state index contributed by atoms with van der Waals surface area (Å²) in [6.07, 6.45) is -2.49. The number of aliphatic carboxylic acids is 1. The number of thiophene rings is 1. The van der Waals surface area contributed by atoms with Crippen LogP contribution in [-0.4, -0.2) is 23.0 Å². The van der Waals surface area contributed by atoms with Gasteiger partial charge in [-0.3, -0.25) is 4.79 Å². The molecule has 0 fully saturated rings. The molecule has 0 saturated carbocycles. The third kappa shape index (κ3) is 3.82. The second-order valence-electron chi connectivity index (χ2n) is 4.28. The van der Waals surface area contributed by atoms with Crippen LogP contribution in [0, 0.1) is 0 Å². The molecule has 0 radical (unpaired) electrons. The molecule has 0 bridgehead atoms. The van der Waals surface area contributed by atoms with Crippen LogP contribution in [-0.2, 0) is 4.79 Å². The van der Waals surface area contributed by atoms with E-state index in [-0.39, 0.29) is 4.88 Å². The molecule has 0 aliphatic heterocycles. The van der Waals surface area contributed by atoms with Crippen LogP contribution in [0.15, 0.2) is 42.5 Å². The van der Waals surface area contributed by atoms with Gasteiger partial charge in [0, 0.05) is 11.0 Å². The van der Waals surface area contributed by atoms with E-state index in [1.807, 2.05) is 0 Å². The maximum absolute atomic E-state index is 12.4. The molecule has 2 aromatic rings. The van der Waals surface area contributed by atoms with Crippen LogP contribution in [0.5, 0.6) is 0 Å². The zero-order chi connectivity index (χ0) is 16.3. The maximum Gasteiger partial charge on any atom is 0.455 e. The highest BCUT2D eigenvalue weighted by Crippen LogP contribution is 2.32.